The van der Waals surface area contributed by atoms with Crippen LogP contribution in [0.15, 0.2) is 18.3 Å². The molecule has 15 heavy (non-hydrogen) atoms. The van der Waals surface area contributed by atoms with Crippen molar-refractivity contribution >= 4 is 11.7 Å². The highest BCUT2D eigenvalue weighted by Gasteiger charge is 2.13. The number of carbonyl (C=O) groups is 1. The van der Waals surface area contributed by atoms with Gasteiger partial charge in [-0.1, -0.05) is 0 Å². The van der Waals surface area contributed by atoms with Crippen molar-refractivity contribution in [2.24, 2.45) is 0 Å². The van der Waals surface area contributed by atoms with E-state index < -0.39 is 6.10 Å². The molecule has 0 saturated heterocycles. The minimum atomic E-state index is -0.543. The predicted octanol–water partition coefficient (Wildman–Crippen LogP) is 0.117. The van der Waals surface area contributed by atoms with Gasteiger partial charge in [-0.25, -0.2) is 4.98 Å². The predicted molar refractivity (Wildman–Crippen MR) is 57.3 cm³/mol. The van der Waals surface area contributed by atoms with Gasteiger partial charge in [-0.2, -0.15) is 0 Å². The lowest BCUT2D eigenvalue weighted by Gasteiger charge is -2.18. The number of amides is 1. The molecule has 1 amide bonds. The molecule has 82 valence electrons. The summed E-state index contributed by atoms with van der Waals surface area (Å²) >= 11 is 0. The van der Waals surface area contributed by atoms with E-state index in [1.807, 2.05) is 0 Å². The molecule has 1 heterocycles. The molecule has 0 aromatic carbocycles. The van der Waals surface area contributed by atoms with Crippen LogP contribution in [-0.4, -0.2) is 40.6 Å². The maximum Gasteiger partial charge on any atom is 0.253 e. The lowest BCUT2D eigenvalue weighted by atomic mass is 10.2. The SMILES string of the molecule is CC(O)CN(C)C(=O)c1ccnc(N)c1. The Bertz CT molecular complexity index is 352. The zero-order valence-electron chi connectivity index (χ0n) is 8.84. The second-order valence-electron chi connectivity index (χ2n) is 3.50. The lowest BCUT2D eigenvalue weighted by Crippen LogP contribution is -2.33. The number of aliphatic hydroxyl groups is 1. The highest BCUT2D eigenvalue weighted by Crippen LogP contribution is 2.06. The van der Waals surface area contributed by atoms with Crippen LogP contribution in [0, 0.1) is 0 Å². The molecule has 0 fully saturated rings. The first-order chi connectivity index (χ1) is 7.00. The van der Waals surface area contributed by atoms with Gasteiger partial charge in [-0.05, 0) is 19.1 Å². The number of pyridine rings is 1. The number of hydrogen-bond donors (Lipinski definition) is 2. The maximum absolute atomic E-state index is 11.8. The van der Waals surface area contributed by atoms with E-state index in [-0.39, 0.29) is 5.91 Å². The molecule has 1 rings (SSSR count). The second-order valence-corrected chi connectivity index (χ2v) is 3.50. The molecule has 0 spiro atoms. The molecule has 1 aromatic heterocycles. The zero-order valence-corrected chi connectivity index (χ0v) is 8.84. The second kappa shape index (κ2) is 4.75. The minimum absolute atomic E-state index is 0.176. The van der Waals surface area contributed by atoms with Crippen LogP contribution >= 0.6 is 0 Å². The van der Waals surface area contributed by atoms with Gasteiger partial charge in [0.1, 0.15) is 5.82 Å². The van der Waals surface area contributed by atoms with Crippen LogP contribution in [0.4, 0.5) is 5.82 Å². The summed E-state index contributed by atoms with van der Waals surface area (Å²) in [5.74, 6) is 0.135. The number of rotatable bonds is 3. The number of likely N-dealkylation sites (N-methyl/N-ethyl adjacent to an activating group) is 1. The Hall–Kier alpha value is -1.62. The maximum atomic E-state index is 11.8. The van der Waals surface area contributed by atoms with Crippen LogP contribution in [0.5, 0.6) is 0 Å². The van der Waals surface area contributed by atoms with E-state index in [2.05, 4.69) is 4.98 Å². The number of nitrogens with two attached hydrogens (primary N) is 1. The van der Waals surface area contributed by atoms with E-state index >= 15 is 0 Å². The zero-order chi connectivity index (χ0) is 11.4. The standard InChI is InChI=1S/C10H15N3O2/c1-7(14)6-13(2)10(15)8-3-4-12-9(11)5-8/h3-5,7,14H,6H2,1-2H3,(H2,11,12). The third-order valence-corrected chi connectivity index (χ3v) is 1.91. The number of anilines is 1. The molecule has 0 aliphatic heterocycles. The van der Waals surface area contributed by atoms with Crippen molar-refractivity contribution in [1.29, 1.82) is 0 Å². The largest absolute Gasteiger partial charge is 0.392 e. The van der Waals surface area contributed by atoms with Crippen LogP contribution in [0.2, 0.25) is 0 Å². The summed E-state index contributed by atoms with van der Waals surface area (Å²) in [5.41, 5.74) is 5.94. The highest BCUT2D eigenvalue weighted by molar-refractivity contribution is 5.94. The Kier molecular flexibility index (Phi) is 3.62. The summed E-state index contributed by atoms with van der Waals surface area (Å²) in [4.78, 5) is 17.0. The van der Waals surface area contributed by atoms with E-state index in [9.17, 15) is 4.79 Å². The van der Waals surface area contributed by atoms with Gasteiger partial charge < -0.3 is 15.7 Å². The average molecular weight is 209 g/mol. The van der Waals surface area contributed by atoms with Gasteiger partial charge in [0.2, 0.25) is 0 Å². The summed E-state index contributed by atoms with van der Waals surface area (Å²) in [6.07, 6.45) is 0.942. The third-order valence-electron chi connectivity index (χ3n) is 1.91. The van der Waals surface area contributed by atoms with Crippen molar-refractivity contribution in [3.8, 4) is 0 Å². The van der Waals surface area contributed by atoms with Crippen molar-refractivity contribution in [2.45, 2.75) is 13.0 Å². The molecule has 5 heteroatoms. The molecule has 0 bridgehead atoms. The number of aromatic nitrogens is 1. The first kappa shape index (κ1) is 11.5. The average Bonchev–Trinajstić information content (AvgIpc) is 2.15. The smallest absolute Gasteiger partial charge is 0.253 e. The number of nitrogen functional groups attached to an aromatic ring is 1. The van der Waals surface area contributed by atoms with Crippen LogP contribution in [-0.2, 0) is 0 Å². The van der Waals surface area contributed by atoms with Crippen LogP contribution < -0.4 is 5.73 Å². The highest BCUT2D eigenvalue weighted by atomic mass is 16.3. The molecule has 0 saturated carbocycles. The van der Waals surface area contributed by atoms with E-state index in [1.54, 1.807) is 20.0 Å². The quantitative estimate of drug-likeness (QED) is 0.740. The molecule has 0 aliphatic rings. The van der Waals surface area contributed by atoms with Crippen LogP contribution in [0.1, 0.15) is 17.3 Å². The summed E-state index contributed by atoms with van der Waals surface area (Å²) < 4.78 is 0. The number of hydrogen-bond acceptors (Lipinski definition) is 4. The molecule has 3 N–H and O–H groups in total. The Morgan fingerprint density at radius 3 is 2.93 bits per heavy atom. The van der Waals surface area contributed by atoms with Crippen LogP contribution in [0.25, 0.3) is 0 Å². The summed E-state index contributed by atoms with van der Waals surface area (Å²) in [7, 11) is 1.63. The molecule has 1 unspecified atom stereocenters. The Balaban J connectivity index is 2.76. The summed E-state index contributed by atoms with van der Waals surface area (Å²) in [6, 6.07) is 3.11. The van der Waals surface area contributed by atoms with E-state index in [0.717, 1.165) is 0 Å². The minimum Gasteiger partial charge on any atom is -0.392 e. The van der Waals surface area contributed by atoms with Crippen molar-refractivity contribution in [3.63, 3.8) is 0 Å². The van der Waals surface area contributed by atoms with Crippen molar-refractivity contribution in [1.82, 2.24) is 9.88 Å². The van der Waals surface area contributed by atoms with Crippen molar-refractivity contribution in [3.05, 3.63) is 23.9 Å². The molecular weight excluding hydrogens is 194 g/mol. The molecule has 5 nitrogen and oxygen atoms in total. The van der Waals surface area contributed by atoms with E-state index in [0.29, 0.717) is 17.9 Å². The molecule has 1 atom stereocenters. The van der Waals surface area contributed by atoms with Gasteiger partial charge in [-0.15, -0.1) is 0 Å². The molecular formula is C10H15N3O2. The number of nitrogens with zero attached hydrogens (tertiary/aromatic N) is 2. The van der Waals surface area contributed by atoms with Crippen molar-refractivity contribution < 1.29 is 9.90 Å². The fourth-order valence-corrected chi connectivity index (χ4v) is 1.28. The lowest BCUT2D eigenvalue weighted by molar-refractivity contribution is 0.0703. The Morgan fingerprint density at radius 2 is 2.40 bits per heavy atom. The van der Waals surface area contributed by atoms with Gasteiger partial charge in [-0.3, -0.25) is 4.79 Å². The van der Waals surface area contributed by atoms with Gasteiger partial charge in [0.15, 0.2) is 0 Å². The van der Waals surface area contributed by atoms with Crippen LogP contribution in [0.3, 0.4) is 0 Å². The van der Waals surface area contributed by atoms with Crippen molar-refractivity contribution in [2.75, 3.05) is 19.3 Å². The van der Waals surface area contributed by atoms with Gasteiger partial charge in [0, 0.05) is 25.4 Å². The fourth-order valence-electron chi connectivity index (χ4n) is 1.28. The fraction of sp³-hybridized carbons (Fsp3) is 0.400. The van der Waals surface area contributed by atoms with Gasteiger partial charge in [0.05, 0.1) is 6.10 Å². The molecule has 0 radical (unpaired) electrons. The monoisotopic (exact) mass is 209 g/mol. The van der Waals surface area contributed by atoms with E-state index in [1.165, 1.54) is 17.2 Å². The van der Waals surface area contributed by atoms with Gasteiger partial charge in [0.25, 0.3) is 5.91 Å². The first-order valence-electron chi connectivity index (χ1n) is 4.65. The summed E-state index contributed by atoms with van der Waals surface area (Å²) in [5, 5.41) is 9.14. The molecule has 0 aliphatic carbocycles. The summed E-state index contributed by atoms with van der Waals surface area (Å²) in [6.45, 7) is 1.92. The Morgan fingerprint density at radius 1 is 1.73 bits per heavy atom. The molecule has 1 aromatic rings. The first-order valence-corrected chi connectivity index (χ1v) is 4.65. The normalized spacial score (nSPS) is 12.2. The number of aliphatic hydroxyl groups excluding tert-OH is 1. The Labute approximate surface area is 88.5 Å². The van der Waals surface area contributed by atoms with Gasteiger partial charge >= 0.3 is 0 Å². The number of carbonyl (C=O) groups excluding carboxylic acids is 1. The third kappa shape index (κ3) is 3.21. The van der Waals surface area contributed by atoms with E-state index in [4.69, 9.17) is 10.8 Å². The topological polar surface area (TPSA) is 79.5 Å².